The highest BCUT2D eigenvalue weighted by Gasteiger charge is 2.63. The Kier molecular flexibility index (Phi) is 8.86. The van der Waals surface area contributed by atoms with Crippen LogP contribution in [0.2, 0.25) is 0 Å². The molecule has 0 spiro atoms. The lowest BCUT2D eigenvalue weighted by Crippen LogP contribution is -2.65. The van der Waals surface area contributed by atoms with E-state index in [1.165, 1.54) is 156 Å². The van der Waals surface area contributed by atoms with Crippen molar-refractivity contribution in [1.29, 1.82) is 0 Å². The normalized spacial score (nSPS) is 25.5. The molecule has 2 aliphatic carbocycles. The smallest absolute Gasteiger partial charge is 0.252 e. The summed E-state index contributed by atoms with van der Waals surface area (Å²) in [5, 5.41) is 2.76. The second-order valence-corrected chi connectivity index (χ2v) is 26.9. The maximum Gasteiger partial charge on any atom is 0.252 e. The van der Waals surface area contributed by atoms with Gasteiger partial charge in [0.25, 0.3) is 6.71 Å². The maximum absolute atomic E-state index is 2.99. The average molecular weight is 926 g/mol. The van der Waals surface area contributed by atoms with Crippen LogP contribution in [0.15, 0.2) is 84.9 Å². The first-order valence-electron chi connectivity index (χ1n) is 26.6. The van der Waals surface area contributed by atoms with Gasteiger partial charge in [-0.1, -0.05) is 141 Å². The third kappa shape index (κ3) is 5.47. The largest absolute Gasteiger partial charge is 0.335 e. The summed E-state index contributed by atoms with van der Waals surface area (Å²) in [4.78, 5) is 8.66. The van der Waals surface area contributed by atoms with Crippen LogP contribution in [0.25, 0.3) is 20.2 Å². The predicted octanol–water partition coefficient (Wildman–Crippen LogP) is 16.0. The van der Waals surface area contributed by atoms with Crippen molar-refractivity contribution in [2.24, 2.45) is 0 Å². The first-order valence-corrected chi connectivity index (χ1v) is 27.4. The number of hydrogen-bond acceptors (Lipinski definition) is 4. The Hall–Kier alpha value is -5.00. The lowest BCUT2D eigenvalue weighted by atomic mass is 9.32. The van der Waals surface area contributed by atoms with Crippen molar-refractivity contribution in [3.8, 4) is 0 Å². The zero-order valence-corrected chi connectivity index (χ0v) is 44.9. The zero-order chi connectivity index (χ0) is 48.3. The summed E-state index contributed by atoms with van der Waals surface area (Å²) < 4.78 is 2.73. The monoisotopic (exact) mass is 926 g/mol. The topological polar surface area (TPSA) is 9.72 Å². The van der Waals surface area contributed by atoms with Crippen LogP contribution in [0.5, 0.6) is 0 Å². The average Bonchev–Trinajstić information content (AvgIpc) is 3.83. The van der Waals surface area contributed by atoms with Crippen LogP contribution in [0.4, 0.5) is 39.8 Å². The highest BCUT2D eigenvalue weighted by Crippen LogP contribution is 2.65. The summed E-state index contributed by atoms with van der Waals surface area (Å²) in [5.41, 5.74) is 25.8. The summed E-state index contributed by atoms with van der Waals surface area (Å²) in [6.45, 7) is 34.6. The summed E-state index contributed by atoms with van der Waals surface area (Å²) in [6.07, 6.45) is 9.86. The van der Waals surface area contributed by atoms with Gasteiger partial charge in [-0.2, -0.15) is 0 Å². The minimum Gasteiger partial charge on any atom is -0.335 e. The van der Waals surface area contributed by atoms with E-state index in [0.717, 1.165) is 0 Å². The molecule has 5 heteroatoms. The van der Waals surface area contributed by atoms with Crippen LogP contribution in [-0.4, -0.2) is 17.8 Å². The molecule has 69 heavy (non-hydrogen) atoms. The van der Waals surface area contributed by atoms with E-state index in [4.69, 9.17) is 0 Å². The standard InChI is InChI=1S/C64H72BN3S/c1-37-29-38(2)55-58-54(37)62(12)26-18-20-28-64(62,14)68(58)51-34-43(67-48-24-23-41(59(5,6)7)32-46(48)61(11)25-17-19-27-63(61,67)13)33-50-56(51)65(55)47-35-45-44-21-15-16-22-52(44)69-53(45)36-49(47)66(50)57-39(3)30-42(31-40(57)4)60(8,9)10/h15-16,21-24,29-36H,17-20,25-28H2,1-14H3. The van der Waals surface area contributed by atoms with E-state index < -0.39 is 0 Å². The van der Waals surface area contributed by atoms with Gasteiger partial charge in [0.05, 0.1) is 16.8 Å². The van der Waals surface area contributed by atoms with E-state index in [0.29, 0.717) is 0 Å². The number of nitrogens with zero attached hydrogens (tertiary/aromatic N) is 3. The first-order chi connectivity index (χ1) is 32.6. The lowest BCUT2D eigenvalue weighted by molar-refractivity contribution is 0.193. The molecule has 5 heterocycles. The third-order valence-corrected chi connectivity index (χ3v) is 21.0. The number of aryl methyl sites for hydroxylation is 4. The Morgan fingerprint density at radius 2 is 1.14 bits per heavy atom. The molecule has 0 radical (unpaired) electrons. The van der Waals surface area contributed by atoms with Crippen LogP contribution in [0.1, 0.15) is 165 Å². The van der Waals surface area contributed by atoms with Crippen LogP contribution >= 0.6 is 11.3 Å². The van der Waals surface area contributed by atoms with Crippen LogP contribution in [0, 0.1) is 27.7 Å². The van der Waals surface area contributed by atoms with Crippen LogP contribution in [0.3, 0.4) is 0 Å². The second-order valence-electron chi connectivity index (χ2n) is 25.8. The SMILES string of the molecule is Cc1cc(C)c2c3c1B1c4cc5c(cc4N(c4c(C)cc(C(C)(C)C)cc4C)c4cc(N6c7ccc(C(C)(C)C)cc7C7(C)CCCCC67C)cc(c41)N3C1(C)CCCCC21C)sc1ccccc15. The highest BCUT2D eigenvalue weighted by atomic mass is 32.1. The molecule has 6 aromatic carbocycles. The van der Waals surface area contributed by atoms with Crippen molar-refractivity contribution < 1.29 is 0 Å². The van der Waals surface area contributed by atoms with Gasteiger partial charge < -0.3 is 14.7 Å². The lowest BCUT2D eigenvalue weighted by Gasteiger charge is -2.54. The first kappa shape index (κ1) is 44.0. The molecule has 13 rings (SSSR count). The summed E-state index contributed by atoms with van der Waals surface area (Å²) in [6, 6.07) is 35.0. The van der Waals surface area contributed by atoms with Gasteiger partial charge in [-0.25, -0.2) is 0 Å². The van der Waals surface area contributed by atoms with Gasteiger partial charge in [0.2, 0.25) is 0 Å². The van der Waals surface area contributed by atoms with Crippen molar-refractivity contribution in [1.82, 2.24) is 0 Å². The fourth-order valence-corrected chi connectivity index (χ4v) is 17.1. The van der Waals surface area contributed by atoms with Crippen LogP contribution < -0.4 is 31.1 Å². The summed E-state index contributed by atoms with van der Waals surface area (Å²) in [5.74, 6) is 0. The van der Waals surface area contributed by atoms with Gasteiger partial charge in [0.15, 0.2) is 0 Å². The minimum absolute atomic E-state index is 0.0160. The molecule has 2 fully saturated rings. The predicted molar refractivity (Wildman–Crippen MR) is 301 cm³/mol. The molecular formula is C64H72BN3S. The fraction of sp³-hybridized carbons (Fsp3) is 0.438. The van der Waals surface area contributed by atoms with E-state index in [9.17, 15) is 0 Å². The van der Waals surface area contributed by atoms with E-state index in [1.807, 2.05) is 11.3 Å². The molecule has 4 aliphatic heterocycles. The third-order valence-electron chi connectivity index (χ3n) is 19.9. The van der Waals surface area contributed by atoms with Gasteiger partial charge in [-0.05, 0) is 169 Å². The van der Waals surface area contributed by atoms with Gasteiger partial charge >= 0.3 is 0 Å². The molecule has 1 aromatic heterocycles. The van der Waals surface area contributed by atoms with E-state index in [-0.39, 0.29) is 39.5 Å². The second kappa shape index (κ2) is 13.9. The maximum atomic E-state index is 2.99. The van der Waals surface area contributed by atoms with Crippen molar-refractivity contribution in [2.75, 3.05) is 14.7 Å². The molecule has 0 N–H and O–H groups in total. The zero-order valence-electron chi connectivity index (χ0n) is 44.1. The summed E-state index contributed by atoms with van der Waals surface area (Å²) >= 11 is 1.96. The molecule has 352 valence electrons. The van der Waals surface area contributed by atoms with E-state index >= 15 is 0 Å². The number of hydrogen-bond donors (Lipinski definition) is 0. The van der Waals surface area contributed by atoms with Crippen molar-refractivity contribution >= 4 is 94.4 Å². The summed E-state index contributed by atoms with van der Waals surface area (Å²) in [7, 11) is 0. The molecule has 0 bridgehead atoms. The van der Waals surface area contributed by atoms with E-state index in [2.05, 4.69) is 197 Å². The fourth-order valence-electron chi connectivity index (χ4n) is 15.9. The molecular weight excluding hydrogens is 854 g/mol. The van der Waals surface area contributed by atoms with Crippen molar-refractivity contribution in [3.63, 3.8) is 0 Å². The Balaban J connectivity index is 1.20. The molecule has 3 nitrogen and oxygen atoms in total. The Morgan fingerprint density at radius 1 is 0.507 bits per heavy atom. The molecule has 0 amide bonds. The van der Waals surface area contributed by atoms with Crippen LogP contribution in [-0.2, 0) is 21.7 Å². The van der Waals surface area contributed by atoms with Crippen molar-refractivity contribution in [2.45, 2.75) is 181 Å². The molecule has 7 aromatic rings. The molecule has 0 saturated heterocycles. The van der Waals surface area contributed by atoms with Gasteiger partial charge in [-0.3, -0.25) is 0 Å². The number of fused-ring (bicyclic) bond motifs is 13. The van der Waals surface area contributed by atoms with E-state index in [1.54, 1.807) is 16.6 Å². The Labute approximate surface area is 417 Å². The number of anilines is 7. The molecule has 4 atom stereocenters. The van der Waals surface area contributed by atoms with Crippen molar-refractivity contribution in [3.05, 3.63) is 129 Å². The molecule has 6 aliphatic rings. The Bertz CT molecular complexity index is 3390. The number of thiophene rings is 1. The Morgan fingerprint density at radius 3 is 1.84 bits per heavy atom. The molecule has 4 unspecified atom stereocenters. The van der Waals surface area contributed by atoms with Gasteiger partial charge in [0.1, 0.15) is 0 Å². The molecule has 2 saturated carbocycles. The number of rotatable bonds is 2. The van der Waals surface area contributed by atoms with Gasteiger partial charge in [-0.15, -0.1) is 11.3 Å². The highest BCUT2D eigenvalue weighted by molar-refractivity contribution is 7.26. The number of benzene rings is 6. The van der Waals surface area contributed by atoms with Gasteiger partial charge in [0, 0.05) is 59.7 Å². The minimum atomic E-state index is -0.0928. The quantitative estimate of drug-likeness (QED) is 0.160.